The molecule has 2 aliphatic rings. The summed E-state index contributed by atoms with van der Waals surface area (Å²) in [6, 6.07) is 4.82. The van der Waals surface area contributed by atoms with E-state index in [0.717, 1.165) is 11.3 Å². The summed E-state index contributed by atoms with van der Waals surface area (Å²) < 4.78 is 57.5. The van der Waals surface area contributed by atoms with Crippen LogP contribution in [0, 0.1) is 5.92 Å². The summed E-state index contributed by atoms with van der Waals surface area (Å²) in [6.45, 7) is 9.10. The van der Waals surface area contributed by atoms with Crippen LogP contribution in [0.5, 0.6) is 0 Å². The van der Waals surface area contributed by atoms with Gasteiger partial charge >= 0.3 is 0 Å². The number of sulfonamides is 1. The van der Waals surface area contributed by atoms with E-state index in [-0.39, 0.29) is 47.6 Å². The summed E-state index contributed by atoms with van der Waals surface area (Å²) in [4.78, 5) is 16.7. The fourth-order valence-electron chi connectivity index (χ4n) is 5.11. The van der Waals surface area contributed by atoms with Crippen molar-refractivity contribution in [3.63, 3.8) is 0 Å². The zero-order valence-electron chi connectivity index (χ0n) is 21.0. The number of imidazole rings is 1. The minimum atomic E-state index is -3.74. The topological polar surface area (TPSA) is 84.3 Å². The van der Waals surface area contributed by atoms with Crippen molar-refractivity contribution in [2.75, 3.05) is 13.1 Å². The van der Waals surface area contributed by atoms with Crippen molar-refractivity contribution in [3.8, 4) is 0 Å². The highest BCUT2D eigenvalue weighted by atomic mass is 32.2. The van der Waals surface area contributed by atoms with Gasteiger partial charge in [0.2, 0.25) is 21.9 Å². The highest BCUT2D eigenvalue weighted by molar-refractivity contribution is 7.89. The number of fused-ring (bicyclic) bond motifs is 1. The lowest BCUT2D eigenvalue weighted by Crippen LogP contribution is -2.38. The fourth-order valence-corrected chi connectivity index (χ4v) is 6.63. The SMILES string of the molecule is CCC(=O)N[C@H]1CCN(S(=O)(=O)c2ccc3c(c2)nc(C(C)(C)C)n3CC2CCC(F)(F)CC2)C1. The van der Waals surface area contributed by atoms with Crippen molar-refractivity contribution in [3.05, 3.63) is 24.0 Å². The third-order valence-electron chi connectivity index (χ3n) is 7.14. The second-order valence-electron chi connectivity index (χ2n) is 11.0. The Kier molecular flexibility index (Phi) is 7.00. The van der Waals surface area contributed by atoms with E-state index in [2.05, 4.69) is 9.88 Å². The van der Waals surface area contributed by atoms with Crippen LogP contribution in [0.1, 0.15) is 72.0 Å². The lowest BCUT2D eigenvalue weighted by Gasteiger charge is -2.30. The molecule has 0 unspecified atom stereocenters. The van der Waals surface area contributed by atoms with Gasteiger partial charge in [0, 0.05) is 50.4 Å². The van der Waals surface area contributed by atoms with Crippen LogP contribution >= 0.6 is 0 Å². The molecule has 0 bridgehead atoms. The number of rotatable bonds is 6. The van der Waals surface area contributed by atoms with Crippen molar-refractivity contribution in [2.45, 2.75) is 95.0 Å². The minimum Gasteiger partial charge on any atom is -0.352 e. The second kappa shape index (κ2) is 9.42. The Balaban J connectivity index is 1.61. The van der Waals surface area contributed by atoms with Gasteiger partial charge in [-0.2, -0.15) is 4.31 Å². The predicted molar refractivity (Wildman–Crippen MR) is 131 cm³/mol. The molecule has 0 radical (unpaired) electrons. The number of carbonyl (C=O) groups excluding carboxylic acids is 1. The molecule has 1 saturated carbocycles. The summed E-state index contributed by atoms with van der Waals surface area (Å²) >= 11 is 0. The molecule has 1 aromatic heterocycles. The number of amides is 1. The van der Waals surface area contributed by atoms with Crippen LogP contribution in [0.15, 0.2) is 23.1 Å². The third kappa shape index (κ3) is 5.53. The maximum Gasteiger partial charge on any atom is 0.248 e. The van der Waals surface area contributed by atoms with Crippen LogP contribution in [0.2, 0.25) is 0 Å². The smallest absolute Gasteiger partial charge is 0.248 e. The first kappa shape index (κ1) is 26.0. The summed E-state index contributed by atoms with van der Waals surface area (Å²) in [7, 11) is -3.74. The molecule has 1 aromatic carbocycles. The van der Waals surface area contributed by atoms with Gasteiger partial charge in [-0.15, -0.1) is 0 Å². The van der Waals surface area contributed by atoms with Crippen LogP contribution in [0.3, 0.4) is 0 Å². The molecule has 7 nitrogen and oxygen atoms in total. The van der Waals surface area contributed by atoms with Crippen molar-refractivity contribution in [1.29, 1.82) is 0 Å². The normalized spacial score (nSPS) is 22.1. The van der Waals surface area contributed by atoms with Gasteiger partial charge in [0.15, 0.2) is 0 Å². The van der Waals surface area contributed by atoms with Gasteiger partial charge in [0.05, 0.1) is 15.9 Å². The van der Waals surface area contributed by atoms with E-state index in [1.165, 1.54) is 4.31 Å². The Morgan fingerprint density at radius 2 is 1.89 bits per heavy atom. The molecule has 1 amide bonds. The molecule has 2 heterocycles. The zero-order chi connectivity index (χ0) is 25.6. The minimum absolute atomic E-state index is 0.0856. The van der Waals surface area contributed by atoms with Crippen LogP contribution in [-0.2, 0) is 26.8 Å². The van der Waals surface area contributed by atoms with Gasteiger partial charge in [-0.05, 0) is 43.4 Å². The first-order valence-electron chi connectivity index (χ1n) is 12.5. The molecule has 194 valence electrons. The van der Waals surface area contributed by atoms with E-state index in [4.69, 9.17) is 4.98 Å². The molecule has 4 rings (SSSR count). The molecule has 2 fully saturated rings. The number of hydrogen-bond donors (Lipinski definition) is 1. The predicted octanol–water partition coefficient (Wildman–Crippen LogP) is 4.45. The van der Waals surface area contributed by atoms with E-state index in [9.17, 15) is 22.0 Å². The van der Waals surface area contributed by atoms with E-state index in [1.54, 1.807) is 25.1 Å². The highest BCUT2D eigenvalue weighted by Crippen LogP contribution is 2.38. The van der Waals surface area contributed by atoms with Crippen molar-refractivity contribution >= 4 is 27.0 Å². The lowest BCUT2D eigenvalue weighted by atomic mass is 9.86. The molecule has 2 aromatic rings. The maximum absolute atomic E-state index is 13.7. The molecular weight excluding hydrogens is 474 g/mol. The summed E-state index contributed by atoms with van der Waals surface area (Å²) in [5, 5.41) is 2.88. The van der Waals surface area contributed by atoms with Gasteiger partial charge < -0.3 is 9.88 Å². The molecule has 1 saturated heterocycles. The van der Waals surface area contributed by atoms with Gasteiger partial charge in [0.25, 0.3) is 0 Å². The Hall–Kier alpha value is -2.07. The molecular formula is C25H36F2N4O3S. The quantitative estimate of drug-likeness (QED) is 0.622. The number of nitrogens with one attached hydrogen (secondary N) is 1. The number of benzene rings is 1. The molecule has 35 heavy (non-hydrogen) atoms. The van der Waals surface area contributed by atoms with E-state index in [0.29, 0.717) is 44.3 Å². The van der Waals surface area contributed by atoms with Gasteiger partial charge in [-0.1, -0.05) is 27.7 Å². The number of hydrogen-bond acceptors (Lipinski definition) is 4. The van der Waals surface area contributed by atoms with Crippen LogP contribution in [-0.4, -0.2) is 53.2 Å². The summed E-state index contributed by atoms with van der Waals surface area (Å²) in [6.07, 6.45) is 1.69. The molecule has 1 aliphatic heterocycles. The van der Waals surface area contributed by atoms with Gasteiger partial charge in [-0.25, -0.2) is 22.2 Å². The number of nitrogens with zero attached hydrogens (tertiary/aromatic N) is 3. The fraction of sp³-hybridized carbons (Fsp3) is 0.680. The standard InChI is InChI=1S/C25H36F2N4O3S/c1-5-22(32)28-18-10-13-30(16-18)35(33,34)19-6-7-21-20(14-19)29-23(24(2,3)4)31(21)15-17-8-11-25(26,27)12-9-17/h6-7,14,17-18H,5,8-13,15-16H2,1-4H3,(H,28,32)/t18-/m0/s1. The maximum atomic E-state index is 13.7. The lowest BCUT2D eigenvalue weighted by molar-refractivity contribution is -0.121. The average molecular weight is 511 g/mol. The van der Waals surface area contributed by atoms with Crippen LogP contribution in [0.4, 0.5) is 8.78 Å². The van der Waals surface area contributed by atoms with Crippen LogP contribution < -0.4 is 5.32 Å². The number of carbonyl (C=O) groups is 1. The third-order valence-corrected chi connectivity index (χ3v) is 9.00. The average Bonchev–Trinajstić information content (AvgIpc) is 3.40. The summed E-state index contributed by atoms with van der Waals surface area (Å²) in [5.41, 5.74) is 1.11. The summed E-state index contributed by atoms with van der Waals surface area (Å²) in [5.74, 6) is -1.70. The monoisotopic (exact) mass is 510 g/mol. The first-order chi connectivity index (χ1) is 16.3. The Bertz CT molecular complexity index is 1190. The second-order valence-corrected chi connectivity index (χ2v) is 13.0. The molecule has 10 heteroatoms. The largest absolute Gasteiger partial charge is 0.352 e. The molecule has 0 spiro atoms. The van der Waals surface area contributed by atoms with Crippen LogP contribution in [0.25, 0.3) is 11.0 Å². The molecule has 1 atom stereocenters. The van der Waals surface area contributed by atoms with E-state index in [1.807, 2.05) is 20.8 Å². The Labute approximate surface area is 206 Å². The number of aromatic nitrogens is 2. The Morgan fingerprint density at radius 1 is 1.20 bits per heavy atom. The van der Waals surface area contributed by atoms with E-state index < -0.39 is 15.9 Å². The molecule has 1 aliphatic carbocycles. The van der Waals surface area contributed by atoms with Gasteiger partial charge in [-0.3, -0.25) is 4.79 Å². The van der Waals surface area contributed by atoms with E-state index >= 15 is 0 Å². The van der Waals surface area contributed by atoms with Crippen molar-refractivity contribution in [2.24, 2.45) is 5.92 Å². The first-order valence-corrected chi connectivity index (χ1v) is 13.9. The van der Waals surface area contributed by atoms with Gasteiger partial charge in [0.1, 0.15) is 5.82 Å². The zero-order valence-corrected chi connectivity index (χ0v) is 21.8. The molecule has 1 N–H and O–H groups in total. The Morgan fingerprint density at radius 3 is 2.51 bits per heavy atom. The van der Waals surface area contributed by atoms with Crippen molar-refractivity contribution in [1.82, 2.24) is 19.2 Å². The number of halogens is 2. The van der Waals surface area contributed by atoms with Crippen molar-refractivity contribution < 1.29 is 22.0 Å². The highest BCUT2D eigenvalue weighted by Gasteiger charge is 2.36. The number of alkyl halides is 2.